The molecule has 1 aliphatic carbocycles. The molecule has 1 saturated heterocycles. The van der Waals surface area contributed by atoms with E-state index in [4.69, 9.17) is 0 Å². The molecule has 2 aliphatic rings. The maximum atomic E-state index is 12.5. The minimum Gasteiger partial charge on any atom is -0.352 e. The average Bonchev–Trinajstić information content (AvgIpc) is 3.18. The third-order valence-electron chi connectivity index (χ3n) is 5.37. The Labute approximate surface area is 160 Å². The van der Waals surface area contributed by atoms with Crippen molar-refractivity contribution < 1.29 is 14.4 Å². The predicted molar refractivity (Wildman–Crippen MR) is 103 cm³/mol. The van der Waals surface area contributed by atoms with Crippen LogP contribution >= 0.6 is 0 Å². The second-order valence-corrected chi connectivity index (χ2v) is 7.96. The number of rotatable bonds is 6. The molecule has 1 aliphatic heterocycles. The van der Waals surface area contributed by atoms with Crippen LogP contribution in [-0.4, -0.2) is 53.2 Å². The zero-order chi connectivity index (χ0) is 19.4. The largest absolute Gasteiger partial charge is 0.352 e. The molecule has 3 rings (SSSR count). The smallest absolute Gasteiger partial charge is 0.312 e. The second kappa shape index (κ2) is 8.55. The minimum atomic E-state index is -0.410. The van der Waals surface area contributed by atoms with Crippen LogP contribution in [0.25, 0.3) is 0 Å². The van der Waals surface area contributed by atoms with E-state index in [1.165, 1.54) is 0 Å². The number of benzene rings is 1. The first-order valence-electron chi connectivity index (χ1n) is 9.92. The van der Waals surface area contributed by atoms with Crippen LogP contribution in [-0.2, 0) is 16.1 Å². The van der Waals surface area contributed by atoms with Crippen LogP contribution in [0.4, 0.5) is 0 Å². The van der Waals surface area contributed by atoms with Crippen LogP contribution in [0.1, 0.15) is 55.5 Å². The van der Waals surface area contributed by atoms with Crippen LogP contribution < -0.4 is 5.32 Å². The standard InChI is InChI=1S/C21H29N3O3/c1-15(2)13-22-19(25)17-9-7-16(8-10-17)14-23-11-12-24(21(27)20(23)26)18-5-3-4-6-18/h7-10,15,18H,3-6,11-14H2,1-2H3,(H,22,25). The Bertz CT molecular complexity index is 693. The number of amides is 3. The highest BCUT2D eigenvalue weighted by Crippen LogP contribution is 2.25. The van der Waals surface area contributed by atoms with Crippen molar-refractivity contribution in [2.24, 2.45) is 5.92 Å². The van der Waals surface area contributed by atoms with Gasteiger partial charge in [0.05, 0.1) is 0 Å². The van der Waals surface area contributed by atoms with Crippen molar-refractivity contribution in [2.75, 3.05) is 19.6 Å². The van der Waals surface area contributed by atoms with Gasteiger partial charge in [0.25, 0.3) is 5.91 Å². The molecule has 2 fully saturated rings. The first-order valence-corrected chi connectivity index (χ1v) is 9.92. The van der Waals surface area contributed by atoms with Crippen molar-refractivity contribution in [1.29, 1.82) is 0 Å². The molecule has 1 N–H and O–H groups in total. The van der Waals surface area contributed by atoms with Crippen LogP contribution in [0.5, 0.6) is 0 Å². The SMILES string of the molecule is CC(C)CNC(=O)c1ccc(CN2CCN(C3CCCC3)C(=O)C2=O)cc1. The van der Waals surface area contributed by atoms with E-state index in [1.54, 1.807) is 21.9 Å². The summed E-state index contributed by atoms with van der Waals surface area (Å²) < 4.78 is 0. The topological polar surface area (TPSA) is 69.7 Å². The number of nitrogens with one attached hydrogen (secondary N) is 1. The van der Waals surface area contributed by atoms with Crippen molar-refractivity contribution in [1.82, 2.24) is 15.1 Å². The number of carbonyl (C=O) groups is 3. The Kier molecular flexibility index (Phi) is 6.14. The maximum absolute atomic E-state index is 12.5. The number of nitrogens with zero attached hydrogens (tertiary/aromatic N) is 2. The Balaban J connectivity index is 1.56. The van der Waals surface area contributed by atoms with E-state index in [0.29, 0.717) is 37.7 Å². The molecule has 0 spiro atoms. The summed E-state index contributed by atoms with van der Waals surface area (Å²) in [5, 5.41) is 2.89. The highest BCUT2D eigenvalue weighted by atomic mass is 16.2. The van der Waals surface area contributed by atoms with Gasteiger partial charge in [0.1, 0.15) is 0 Å². The van der Waals surface area contributed by atoms with Crippen LogP contribution in [0, 0.1) is 5.92 Å². The fourth-order valence-electron chi connectivity index (χ4n) is 3.79. The van der Waals surface area contributed by atoms with Gasteiger partial charge < -0.3 is 15.1 Å². The number of carbonyl (C=O) groups excluding carboxylic acids is 3. The first kappa shape index (κ1) is 19.4. The van der Waals surface area contributed by atoms with E-state index < -0.39 is 5.91 Å². The summed E-state index contributed by atoms with van der Waals surface area (Å²) in [5.74, 6) is -0.462. The predicted octanol–water partition coefficient (Wildman–Crippen LogP) is 2.19. The highest BCUT2D eigenvalue weighted by molar-refractivity contribution is 6.35. The Morgan fingerprint density at radius 1 is 1.07 bits per heavy atom. The Morgan fingerprint density at radius 2 is 1.74 bits per heavy atom. The van der Waals surface area contributed by atoms with Crippen LogP contribution in [0.2, 0.25) is 0 Å². The molecule has 1 aromatic rings. The molecule has 0 bridgehead atoms. The average molecular weight is 371 g/mol. The van der Waals surface area contributed by atoms with Gasteiger partial charge in [-0.05, 0) is 36.5 Å². The molecule has 0 radical (unpaired) electrons. The quantitative estimate of drug-likeness (QED) is 0.780. The van der Waals surface area contributed by atoms with Crippen molar-refractivity contribution in [3.05, 3.63) is 35.4 Å². The van der Waals surface area contributed by atoms with Gasteiger partial charge in [-0.15, -0.1) is 0 Å². The first-order chi connectivity index (χ1) is 13.0. The minimum absolute atomic E-state index is 0.0910. The number of piperazine rings is 1. The summed E-state index contributed by atoms with van der Waals surface area (Å²) in [5.41, 5.74) is 1.53. The lowest BCUT2D eigenvalue weighted by atomic mass is 10.1. The van der Waals surface area contributed by atoms with Crippen LogP contribution in [0.15, 0.2) is 24.3 Å². The Hall–Kier alpha value is -2.37. The summed E-state index contributed by atoms with van der Waals surface area (Å²) in [4.78, 5) is 40.4. The van der Waals surface area contributed by atoms with Gasteiger partial charge in [-0.2, -0.15) is 0 Å². The molecule has 1 saturated carbocycles. The van der Waals surface area contributed by atoms with Crippen molar-refractivity contribution >= 4 is 17.7 Å². The van der Waals surface area contributed by atoms with E-state index in [-0.39, 0.29) is 17.9 Å². The molecular weight excluding hydrogens is 342 g/mol. The monoisotopic (exact) mass is 371 g/mol. The summed E-state index contributed by atoms with van der Waals surface area (Å²) >= 11 is 0. The van der Waals surface area contributed by atoms with E-state index in [9.17, 15) is 14.4 Å². The lowest BCUT2D eigenvalue weighted by Crippen LogP contribution is -2.56. The molecule has 3 amide bonds. The normalized spacial score (nSPS) is 18.5. The highest BCUT2D eigenvalue weighted by Gasteiger charge is 2.37. The molecule has 146 valence electrons. The zero-order valence-corrected chi connectivity index (χ0v) is 16.2. The lowest BCUT2D eigenvalue weighted by molar-refractivity contribution is -0.158. The molecule has 6 nitrogen and oxygen atoms in total. The molecule has 1 heterocycles. The summed E-state index contributed by atoms with van der Waals surface area (Å²) in [7, 11) is 0. The second-order valence-electron chi connectivity index (χ2n) is 7.96. The molecule has 0 unspecified atom stereocenters. The van der Waals surface area contributed by atoms with Crippen LogP contribution in [0.3, 0.4) is 0 Å². The molecule has 0 aromatic heterocycles. The fraction of sp³-hybridized carbons (Fsp3) is 0.571. The summed E-state index contributed by atoms with van der Waals surface area (Å²) in [6.45, 7) is 6.32. The van der Waals surface area contributed by atoms with E-state index in [2.05, 4.69) is 5.32 Å². The molecular formula is C21H29N3O3. The summed E-state index contributed by atoms with van der Waals surface area (Å²) in [6.07, 6.45) is 4.31. The molecule has 6 heteroatoms. The third-order valence-corrected chi connectivity index (χ3v) is 5.37. The lowest BCUT2D eigenvalue weighted by Gasteiger charge is -2.37. The van der Waals surface area contributed by atoms with Gasteiger partial charge in [0.15, 0.2) is 0 Å². The molecule has 1 aromatic carbocycles. The van der Waals surface area contributed by atoms with Crippen molar-refractivity contribution in [2.45, 2.75) is 52.1 Å². The van der Waals surface area contributed by atoms with E-state index >= 15 is 0 Å². The number of hydrogen-bond acceptors (Lipinski definition) is 3. The number of hydrogen-bond donors (Lipinski definition) is 1. The van der Waals surface area contributed by atoms with Gasteiger partial charge in [-0.25, -0.2) is 0 Å². The van der Waals surface area contributed by atoms with Gasteiger partial charge in [-0.1, -0.05) is 38.8 Å². The fourth-order valence-corrected chi connectivity index (χ4v) is 3.79. The van der Waals surface area contributed by atoms with E-state index in [0.717, 1.165) is 31.2 Å². The zero-order valence-electron chi connectivity index (χ0n) is 16.2. The van der Waals surface area contributed by atoms with Crippen molar-refractivity contribution in [3.63, 3.8) is 0 Å². The summed E-state index contributed by atoms with van der Waals surface area (Å²) in [6, 6.07) is 7.49. The van der Waals surface area contributed by atoms with Gasteiger partial charge in [0.2, 0.25) is 0 Å². The van der Waals surface area contributed by atoms with Gasteiger partial charge in [0, 0.05) is 37.8 Å². The van der Waals surface area contributed by atoms with Crippen molar-refractivity contribution in [3.8, 4) is 0 Å². The molecule has 27 heavy (non-hydrogen) atoms. The van der Waals surface area contributed by atoms with Gasteiger partial charge >= 0.3 is 11.8 Å². The Morgan fingerprint density at radius 3 is 2.37 bits per heavy atom. The third kappa shape index (κ3) is 4.67. The maximum Gasteiger partial charge on any atom is 0.312 e. The van der Waals surface area contributed by atoms with Gasteiger partial charge in [-0.3, -0.25) is 14.4 Å². The molecule has 0 atom stereocenters. The van der Waals surface area contributed by atoms with E-state index in [1.807, 2.05) is 26.0 Å².